The van der Waals surface area contributed by atoms with E-state index in [0.29, 0.717) is 0 Å². The summed E-state index contributed by atoms with van der Waals surface area (Å²) < 4.78 is 0. The predicted molar refractivity (Wildman–Crippen MR) is 58.3 cm³/mol. The molecule has 0 spiro atoms. The first-order valence-electron chi connectivity index (χ1n) is 4.86. The van der Waals surface area contributed by atoms with E-state index < -0.39 is 0 Å². The zero-order chi connectivity index (χ0) is 9.80. The summed E-state index contributed by atoms with van der Waals surface area (Å²) in [7, 11) is 0. The Balaban J connectivity index is 2.32. The van der Waals surface area contributed by atoms with Gasteiger partial charge in [0.05, 0.1) is 5.52 Å². The molecule has 14 heavy (non-hydrogen) atoms. The van der Waals surface area contributed by atoms with Crippen molar-refractivity contribution in [3.8, 4) is 0 Å². The lowest BCUT2D eigenvalue weighted by Gasteiger charge is -2.03. The first kappa shape index (κ1) is 8.94. The molecule has 0 saturated heterocycles. The summed E-state index contributed by atoms with van der Waals surface area (Å²) in [6, 6.07) is 10.0. The minimum absolute atomic E-state index is 0.852. The molecule has 0 fully saturated rings. The minimum Gasteiger partial charge on any atom is -0.369 e. The van der Waals surface area contributed by atoms with Gasteiger partial charge in [0, 0.05) is 11.9 Å². The van der Waals surface area contributed by atoms with Gasteiger partial charge in [0.15, 0.2) is 0 Å². The van der Waals surface area contributed by atoms with Crippen molar-refractivity contribution in [2.45, 2.75) is 13.3 Å². The summed E-state index contributed by atoms with van der Waals surface area (Å²) in [5.41, 5.74) is 0.939. The van der Waals surface area contributed by atoms with Crippen LogP contribution in [-0.2, 0) is 0 Å². The van der Waals surface area contributed by atoms with Crippen LogP contribution in [0.3, 0.4) is 0 Å². The molecule has 1 aromatic carbocycles. The van der Waals surface area contributed by atoms with Crippen LogP contribution in [-0.4, -0.2) is 16.7 Å². The number of nitrogens with zero attached hydrogens (tertiary/aromatic N) is 2. The SMILES string of the molecule is CCCNc1cc2ccccc2nn1. The molecule has 1 aromatic heterocycles. The standard InChI is InChI=1S/C11H13N3/c1-2-7-12-11-8-9-5-3-4-6-10(9)13-14-11/h3-6,8H,2,7H2,1H3,(H,12,14). The Labute approximate surface area is 83.2 Å². The van der Waals surface area contributed by atoms with E-state index in [9.17, 15) is 0 Å². The summed E-state index contributed by atoms with van der Waals surface area (Å²) in [6.07, 6.45) is 1.09. The van der Waals surface area contributed by atoms with Gasteiger partial charge in [0.2, 0.25) is 0 Å². The van der Waals surface area contributed by atoms with E-state index in [-0.39, 0.29) is 0 Å². The van der Waals surface area contributed by atoms with Gasteiger partial charge in [-0.1, -0.05) is 25.1 Å². The molecular weight excluding hydrogens is 174 g/mol. The highest BCUT2D eigenvalue weighted by molar-refractivity contribution is 5.79. The molecule has 72 valence electrons. The highest BCUT2D eigenvalue weighted by Gasteiger charge is 1.96. The van der Waals surface area contributed by atoms with Crippen molar-refractivity contribution in [2.75, 3.05) is 11.9 Å². The van der Waals surface area contributed by atoms with Crippen molar-refractivity contribution in [2.24, 2.45) is 0 Å². The van der Waals surface area contributed by atoms with Gasteiger partial charge >= 0.3 is 0 Å². The molecule has 0 aliphatic rings. The maximum Gasteiger partial charge on any atom is 0.149 e. The number of rotatable bonds is 3. The molecule has 1 N–H and O–H groups in total. The number of anilines is 1. The van der Waals surface area contributed by atoms with Crippen LogP contribution in [0.15, 0.2) is 30.3 Å². The smallest absolute Gasteiger partial charge is 0.149 e. The van der Waals surface area contributed by atoms with Gasteiger partial charge in [-0.05, 0) is 18.6 Å². The average molecular weight is 187 g/mol. The zero-order valence-corrected chi connectivity index (χ0v) is 8.20. The van der Waals surface area contributed by atoms with Crippen molar-refractivity contribution < 1.29 is 0 Å². The van der Waals surface area contributed by atoms with Crippen LogP contribution in [0.2, 0.25) is 0 Å². The summed E-state index contributed by atoms with van der Waals surface area (Å²) in [4.78, 5) is 0. The molecule has 0 atom stereocenters. The van der Waals surface area contributed by atoms with E-state index >= 15 is 0 Å². The molecule has 1 heterocycles. The molecule has 2 rings (SSSR count). The van der Waals surface area contributed by atoms with E-state index in [1.54, 1.807) is 0 Å². The summed E-state index contributed by atoms with van der Waals surface area (Å²) >= 11 is 0. The van der Waals surface area contributed by atoms with Crippen LogP contribution in [0.1, 0.15) is 13.3 Å². The Kier molecular flexibility index (Phi) is 2.58. The number of aromatic nitrogens is 2. The van der Waals surface area contributed by atoms with Crippen LogP contribution in [0, 0.1) is 0 Å². The Bertz CT molecular complexity index is 426. The number of benzene rings is 1. The quantitative estimate of drug-likeness (QED) is 0.802. The maximum atomic E-state index is 4.12. The second-order valence-corrected chi connectivity index (χ2v) is 3.22. The molecule has 0 aliphatic heterocycles. The zero-order valence-electron chi connectivity index (χ0n) is 8.20. The van der Waals surface area contributed by atoms with Gasteiger partial charge in [-0.2, -0.15) is 0 Å². The highest BCUT2D eigenvalue weighted by atomic mass is 15.2. The van der Waals surface area contributed by atoms with Crippen LogP contribution >= 0.6 is 0 Å². The normalized spacial score (nSPS) is 10.4. The fourth-order valence-corrected chi connectivity index (χ4v) is 1.32. The highest BCUT2D eigenvalue weighted by Crippen LogP contribution is 2.13. The molecule has 0 unspecified atom stereocenters. The van der Waals surface area contributed by atoms with E-state index in [4.69, 9.17) is 0 Å². The lowest BCUT2D eigenvalue weighted by atomic mass is 10.2. The van der Waals surface area contributed by atoms with Crippen LogP contribution in [0.4, 0.5) is 5.82 Å². The van der Waals surface area contributed by atoms with Gasteiger partial charge in [-0.3, -0.25) is 0 Å². The third-order valence-corrected chi connectivity index (χ3v) is 2.05. The number of hydrogen-bond donors (Lipinski definition) is 1. The lowest BCUT2D eigenvalue weighted by Crippen LogP contribution is -2.02. The van der Waals surface area contributed by atoms with E-state index in [0.717, 1.165) is 29.7 Å². The third kappa shape index (κ3) is 1.82. The van der Waals surface area contributed by atoms with Crippen LogP contribution in [0.25, 0.3) is 10.9 Å². The first-order chi connectivity index (χ1) is 6.90. The van der Waals surface area contributed by atoms with Crippen molar-refractivity contribution >= 4 is 16.7 Å². The minimum atomic E-state index is 0.852. The first-order valence-corrected chi connectivity index (χ1v) is 4.86. The molecule has 0 amide bonds. The fraction of sp³-hybridized carbons (Fsp3) is 0.273. The fourth-order valence-electron chi connectivity index (χ4n) is 1.32. The van der Waals surface area contributed by atoms with E-state index in [1.165, 1.54) is 0 Å². The molecule has 3 nitrogen and oxygen atoms in total. The van der Waals surface area contributed by atoms with Crippen molar-refractivity contribution in [1.82, 2.24) is 10.2 Å². The Morgan fingerprint density at radius 3 is 2.93 bits per heavy atom. The van der Waals surface area contributed by atoms with Gasteiger partial charge in [0.25, 0.3) is 0 Å². The number of nitrogens with one attached hydrogen (secondary N) is 1. The maximum absolute atomic E-state index is 4.12. The molecule has 0 saturated carbocycles. The van der Waals surface area contributed by atoms with Crippen molar-refractivity contribution in [3.05, 3.63) is 30.3 Å². The van der Waals surface area contributed by atoms with Crippen LogP contribution < -0.4 is 5.32 Å². The molecule has 3 heteroatoms. The Morgan fingerprint density at radius 2 is 2.07 bits per heavy atom. The van der Waals surface area contributed by atoms with Crippen LogP contribution in [0.5, 0.6) is 0 Å². The summed E-state index contributed by atoms with van der Waals surface area (Å²) in [5.74, 6) is 0.852. The van der Waals surface area contributed by atoms with Gasteiger partial charge in [-0.15, -0.1) is 10.2 Å². The Morgan fingerprint density at radius 1 is 1.21 bits per heavy atom. The molecule has 0 bridgehead atoms. The summed E-state index contributed by atoms with van der Waals surface area (Å²) in [6.45, 7) is 3.06. The second kappa shape index (κ2) is 4.05. The number of fused-ring (bicyclic) bond motifs is 1. The monoisotopic (exact) mass is 187 g/mol. The second-order valence-electron chi connectivity index (χ2n) is 3.22. The third-order valence-electron chi connectivity index (χ3n) is 2.05. The predicted octanol–water partition coefficient (Wildman–Crippen LogP) is 2.45. The topological polar surface area (TPSA) is 37.8 Å². The van der Waals surface area contributed by atoms with Crippen molar-refractivity contribution in [1.29, 1.82) is 0 Å². The van der Waals surface area contributed by atoms with Gasteiger partial charge in [-0.25, -0.2) is 0 Å². The number of hydrogen-bond acceptors (Lipinski definition) is 3. The largest absolute Gasteiger partial charge is 0.369 e. The molecular formula is C11H13N3. The molecule has 0 radical (unpaired) electrons. The van der Waals surface area contributed by atoms with E-state index in [1.807, 2.05) is 30.3 Å². The van der Waals surface area contributed by atoms with Crippen molar-refractivity contribution in [3.63, 3.8) is 0 Å². The molecule has 2 aromatic rings. The lowest BCUT2D eigenvalue weighted by molar-refractivity contribution is 0.953. The van der Waals surface area contributed by atoms with E-state index in [2.05, 4.69) is 22.4 Å². The van der Waals surface area contributed by atoms with Gasteiger partial charge < -0.3 is 5.32 Å². The average Bonchev–Trinajstić information content (AvgIpc) is 2.26. The Hall–Kier alpha value is -1.64. The molecule has 0 aliphatic carbocycles. The van der Waals surface area contributed by atoms with Gasteiger partial charge in [0.1, 0.15) is 5.82 Å². The summed E-state index contributed by atoms with van der Waals surface area (Å²) in [5, 5.41) is 12.5.